The predicted molar refractivity (Wildman–Crippen MR) is 64.7 cm³/mol. The van der Waals surface area contributed by atoms with Crippen molar-refractivity contribution in [3.63, 3.8) is 0 Å². The number of hydrogen-bond acceptors (Lipinski definition) is 2. The first-order chi connectivity index (χ1) is 6.22. The molecule has 0 aliphatic carbocycles. The highest BCUT2D eigenvalue weighted by Gasteiger charge is 1.96. The highest BCUT2D eigenvalue weighted by atomic mass is 14.8. The molecular weight excluding hydrogens is 160 g/mol. The van der Waals surface area contributed by atoms with Crippen molar-refractivity contribution in [3.05, 3.63) is 11.9 Å². The van der Waals surface area contributed by atoms with E-state index in [1.165, 1.54) is 0 Å². The van der Waals surface area contributed by atoms with Gasteiger partial charge < -0.3 is 0 Å². The summed E-state index contributed by atoms with van der Waals surface area (Å²) < 4.78 is 0. The third-order valence-electron chi connectivity index (χ3n) is 0.998. The van der Waals surface area contributed by atoms with Crippen LogP contribution in [0, 0.1) is 5.92 Å². The maximum Gasteiger partial charge on any atom is 0.0603 e. The quantitative estimate of drug-likeness (QED) is 0.594. The molecule has 13 heavy (non-hydrogen) atoms. The molecule has 78 valence electrons. The van der Waals surface area contributed by atoms with Crippen molar-refractivity contribution in [1.29, 1.82) is 0 Å². The highest BCUT2D eigenvalue weighted by molar-refractivity contribution is 5.31. The van der Waals surface area contributed by atoms with Crippen molar-refractivity contribution in [2.45, 2.75) is 41.5 Å². The second-order valence-corrected chi connectivity index (χ2v) is 2.05. The fraction of sp³-hybridized carbons (Fsp3) is 0.636. The van der Waals surface area contributed by atoms with E-state index >= 15 is 0 Å². The van der Waals surface area contributed by atoms with Gasteiger partial charge in [-0.1, -0.05) is 41.5 Å². The number of hydrogen-bond donors (Lipinski definition) is 0. The Kier molecular flexibility index (Phi) is 23.9. The predicted octanol–water partition coefficient (Wildman–Crippen LogP) is 3.94. The van der Waals surface area contributed by atoms with Crippen molar-refractivity contribution in [2.24, 2.45) is 15.9 Å². The van der Waals surface area contributed by atoms with Crippen molar-refractivity contribution < 1.29 is 0 Å². The fourth-order valence-electron chi connectivity index (χ4n) is 0.466. The molecule has 0 aromatic rings. The highest BCUT2D eigenvalue weighted by Crippen LogP contribution is 2.08. The van der Waals surface area contributed by atoms with Gasteiger partial charge >= 0.3 is 0 Å². The smallest absolute Gasteiger partial charge is 0.0603 e. The molecule has 0 N–H and O–H groups in total. The Labute approximate surface area is 83.5 Å². The topological polar surface area (TPSA) is 24.7 Å². The average molecular weight is 184 g/mol. The molecule has 0 aromatic heterocycles. The second-order valence-electron chi connectivity index (χ2n) is 2.05. The Bertz CT molecular complexity index is 135. The minimum absolute atomic E-state index is 0.382. The van der Waals surface area contributed by atoms with Gasteiger partial charge in [-0.25, -0.2) is 0 Å². The molecule has 0 spiro atoms. The van der Waals surface area contributed by atoms with Crippen molar-refractivity contribution in [3.8, 4) is 0 Å². The minimum Gasteiger partial charge on any atom is -0.271 e. The van der Waals surface area contributed by atoms with Crippen molar-refractivity contribution in [2.75, 3.05) is 0 Å². The molecule has 0 aliphatic heterocycles. The van der Waals surface area contributed by atoms with Crippen molar-refractivity contribution >= 4 is 13.4 Å². The standard InChI is InChI=1S/C7H12N2.2C2H6/c1-6(2)7(9-4)5-8-3;2*1-2/h5-6H,3-4H2,1-2H3;2*1-2H3/b7-5-;;. The van der Waals surface area contributed by atoms with Gasteiger partial charge in [0.05, 0.1) is 5.70 Å². The Hall–Kier alpha value is -0.920. The maximum absolute atomic E-state index is 3.75. The minimum atomic E-state index is 0.382. The summed E-state index contributed by atoms with van der Waals surface area (Å²) >= 11 is 0. The van der Waals surface area contributed by atoms with Gasteiger partial charge in [0.2, 0.25) is 0 Å². The summed E-state index contributed by atoms with van der Waals surface area (Å²) in [6.45, 7) is 18.8. The van der Waals surface area contributed by atoms with Crippen molar-refractivity contribution in [1.82, 2.24) is 0 Å². The van der Waals surface area contributed by atoms with Crippen LogP contribution in [0.1, 0.15) is 41.5 Å². The molecule has 0 radical (unpaired) electrons. The normalized spacial score (nSPS) is 9.00. The molecule has 0 rings (SSSR count). The number of nitrogens with zero attached hydrogens (tertiary/aromatic N) is 2. The number of rotatable bonds is 3. The molecule has 2 nitrogen and oxygen atoms in total. The first-order valence-electron chi connectivity index (χ1n) is 4.85. The summed E-state index contributed by atoms with van der Waals surface area (Å²) in [7, 11) is 0. The van der Waals surface area contributed by atoms with E-state index in [1.807, 2.05) is 41.5 Å². The molecule has 0 amide bonds. The van der Waals surface area contributed by atoms with Gasteiger partial charge in [0.15, 0.2) is 0 Å². The van der Waals surface area contributed by atoms with Crippen LogP contribution in [-0.2, 0) is 0 Å². The zero-order valence-corrected chi connectivity index (χ0v) is 9.96. The van der Waals surface area contributed by atoms with E-state index < -0.39 is 0 Å². The molecule has 0 saturated heterocycles. The number of allylic oxidation sites excluding steroid dienone is 1. The summed E-state index contributed by atoms with van der Waals surface area (Å²) in [4.78, 5) is 7.34. The van der Waals surface area contributed by atoms with Gasteiger partial charge in [0.1, 0.15) is 0 Å². The van der Waals surface area contributed by atoms with E-state index in [0.717, 1.165) is 5.70 Å². The van der Waals surface area contributed by atoms with Crippen LogP contribution in [0.5, 0.6) is 0 Å². The molecule has 0 fully saturated rings. The van der Waals surface area contributed by atoms with E-state index in [9.17, 15) is 0 Å². The summed E-state index contributed by atoms with van der Waals surface area (Å²) in [5.74, 6) is 0.382. The molecule has 0 unspecified atom stereocenters. The van der Waals surface area contributed by atoms with Crippen LogP contribution in [0.15, 0.2) is 21.9 Å². The summed E-state index contributed by atoms with van der Waals surface area (Å²) in [5, 5.41) is 0. The molecule has 0 bridgehead atoms. The van der Waals surface area contributed by atoms with Crippen LogP contribution in [0.4, 0.5) is 0 Å². The van der Waals surface area contributed by atoms with Gasteiger partial charge in [-0.15, -0.1) is 0 Å². The summed E-state index contributed by atoms with van der Waals surface area (Å²) in [5.41, 5.74) is 0.880. The zero-order chi connectivity index (χ0) is 11.3. The SMILES string of the molecule is C=N/C=C(\N=C)C(C)C.CC.CC. The van der Waals surface area contributed by atoms with E-state index in [-0.39, 0.29) is 0 Å². The van der Waals surface area contributed by atoms with Crippen LogP contribution in [0.25, 0.3) is 0 Å². The first-order valence-corrected chi connectivity index (χ1v) is 4.85. The molecular formula is C11H24N2. The number of aliphatic imine (C=N–C) groups is 2. The lowest BCUT2D eigenvalue weighted by Gasteiger charge is -2.00. The third kappa shape index (κ3) is 14.0. The lowest BCUT2D eigenvalue weighted by Crippen LogP contribution is -1.88. The van der Waals surface area contributed by atoms with E-state index in [0.29, 0.717) is 5.92 Å². The van der Waals surface area contributed by atoms with E-state index in [1.54, 1.807) is 6.20 Å². The average Bonchev–Trinajstić information content (AvgIpc) is 2.20. The maximum atomic E-state index is 3.75. The Balaban J connectivity index is -0.000000218. The lowest BCUT2D eigenvalue weighted by molar-refractivity contribution is 0.757. The Morgan fingerprint density at radius 1 is 1.08 bits per heavy atom. The molecule has 0 saturated carbocycles. The molecule has 0 aromatic carbocycles. The zero-order valence-electron chi connectivity index (χ0n) is 9.96. The summed E-state index contributed by atoms with van der Waals surface area (Å²) in [6.07, 6.45) is 1.62. The monoisotopic (exact) mass is 184 g/mol. The third-order valence-corrected chi connectivity index (χ3v) is 0.998. The van der Waals surface area contributed by atoms with Crippen LogP contribution in [-0.4, -0.2) is 13.4 Å². The van der Waals surface area contributed by atoms with Gasteiger partial charge in [-0.05, 0) is 19.4 Å². The van der Waals surface area contributed by atoms with Gasteiger partial charge in [0, 0.05) is 6.20 Å². The van der Waals surface area contributed by atoms with Gasteiger partial charge in [-0.2, -0.15) is 0 Å². The lowest BCUT2D eigenvalue weighted by atomic mass is 10.1. The fourth-order valence-corrected chi connectivity index (χ4v) is 0.466. The Morgan fingerprint density at radius 2 is 1.46 bits per heavy atom. The molecule has 0 aliphatic rings. The second kappa shape index (κ2) is 17.2. The van der Waals surface area contributed by atoms with Crippen LogP contribution >= 0.6 is 0 Å². The van der Waals surface area contributed by atoms with E-state index in [4.69, 9.17) is 0 Å². The van der Waals surface area contributed by atoms with Crippen LogP contribution < -0.4 is 0 Å². The largest absolute Gasteiger partial charge is 0.271 e. The Morgan fingerprint density at radius 3 is 1.54 bits per heavy atom. The summed E-state index contributed by atoms with van der Waals surface area (Å²) in [6, 6.07) is 0. The molecule has 2 heteroatoms. The van der Waals surface area contributed by atoms with E-state index in [2.05, 4.69) is 23.4 Å². The first kappa shape index (κ1) is 18.0. The van der Waals surface area contributed by atoms with Crippen LogP contribution in [0.3, 0.4) is 0 Å². The molecule has 0 atom stereocenters. The van der Waals surface area contributed by atoms with Gasteiger partial charge in [-0.3, -0.25) is 9.98 Å². The van der Waals surface area contributed by atoms with Gasteiger partial charge in [0.25, 0.3) is 0 Å². The molecule has 0 heterocycles. The van der Waals surface area contributed by atoms with Crippen LogP contribution in [0.2, 0.25) is 0 Å².